The highest BCUT2D eigenvalue weighted by molar-refractivity contribution is 7.19. The summed E-state index contributed by atoms with van der Waals surface area (Å²) in [5.41, 5.74) is 6.84. The van der Waals surface area contributed by atoms with Gasteiger partial charge in [-0.25, -0.2) is 0 Å². The summed E-state index contributed by atoms with van der Waals surface area (Å²) in [7, 11) is 0. The fourth-order valence-electron chi connectivity index (χ4n) is 1.37. The van der Waals surface area contributed by atoms with Crippen molar-refractivity contribution in [2.45, 2.75) is 6.92 Å². The molecule has 0 radical (unpaired) electrons. The van der Waals surface area contributed by atoms with E-state index in [0.29, 0.717) is 10.8 Å². The van der Waals surface area contributed by atoms with Gasteiger partial charge in [0.15, 0.2) is 5.75 Å². The Bertz CT molecular complexity index is 505. The third-order valence-electron chi connectivity index (χ3n) is 2.04. The van der Waals surface area contributed by atoms with Gasteiger partial charge in [0.1, 0.15) is 5.00 Å². The first-order valence-electron chi connectivity index (χ1n) is 4.80. The maximum atomic E-state index is 10.8. The topological polar surface area (TPSA) is 52.3 Å². The lowest BCUT2D eigenvalue weighted by molar-refractivity contribution is -0.131. The lowest BCUT2D eigenvalue weighted by Crippen LogP contribution is -2.01. The summed E-state index contributed by atoms with van der Waals surface area (Å²) in [5.74, 6) is 0.0838. The second-order valence-electron chi connectivity index (χ2n) is 3.30. The van der Waals surface area contributed by atoms with E-state index in [4.69, 9.17) is 10.5 Å². The van der Waals surface area contributed by atoms with Crippen LogP contribution in [0.5, 0.6) is 5.75 Å². The molecular formula is C12H11NO2S. The van der Waals surface area contributed by atoms with Gasteiger partial charge in [-0.05, 0) is 5.56 Å². The highest BCUT2D eigenvalue weighted by atomic mass is 32.1. The minimum Gasteiger partial charge on any atom is -0.424 e. The maximum Gasteiger partial charge on any atom is 0.308 e. The molecule has 0 spiro atoms. The first-order valence-corrected chi connectivity index (χ1v) is 5.61. The molecule has 1 aromatic heterocycles. The zero-order chi connectivity index (χ0) is 11.5. The number of ether oxygens (including phenoxy) is 1. The van der Waals surface area contributed by atoms with Crippen molar-refractivity contribution >= 4 is 22.3 Å². The summed E-state index contributed by atoms with van der Waals surface area (Å²) >= 11 is 1.41. The van der Waals surface area contributed by atoms with Crippen LogP contribution in [0.15, 0.2) is 36.4 Å². The molecule has 3 nitrogen and oxygen atoms in total. The smallest absolute Gasteiger partial charge is 0.308 e. The molecule has 2 rings (SSSR count). The Morgan fingerprint density at radius 1 is 1.31 bits per heavy atom. The van der Waals surface area contributed by atoms with E-state index < -0.39 is 0 Å². The molecule has 0 aliphatic heterocycles. The van der Waals surface area contributed by atoms with Gasteiger partial charge >= 0.3 is 5.97 Å². The summed E-state index contributed by atoms with van der Waals surface area (Å²) in [6.07, 6.45) is 0. The molecule has 0 atom stereocenters. The Morgan fingerprint density at radius 2 is 2.00 bits per heavy atom. The Morgan fingerprint density at radius 3 is 2.62 bits per heavy atom. The van der Waals surface area contributed by atoms with Crippen LogP contribution in [0.25, 0.3) is 10.4 Å². The zero-order valence-corrected chi connectivity index (χ0v) is 9.58. The lowest BCUT2D eigenvalue weighted by atomic mass is 10.2. The molecule has 4 heteroatoms. The molecular weight excluding hydrogens is 222 g/mol. The SMILES string of the molecule is CC(=O)Oc1cc(-c2ccccc2)sc1N. The third kappa shape index (κ3) is 2.23. The summed E-state index contributed by atoms with van der Waals surface area (Å²) < 4.78 is 4.99. The second-order valence-corrected chi connectivity index (χ2v) is 4.38. The predicted octanol–water partition coefficient (Wildman–Crippen LogP) is 2.92. The van der Waals surface area contributed by atoms with Crippen LogP contribution in [-0.4, -0.2) is 5.97 Å². The van der Waals surface area contributed by atoms with Crippen molar-refractivity contribution in [3.05, 3.63) is 36.4 Å². The van der Waals surface area contributed by atoms with Crippen molar-refractivity contribution in [1.29, 1.82) is 0 Å². The molecule has 2 aromatic rings. The van der Waals surface area contributed by atoms with Gasteiger partial charge in [0, 0.05) is 17.9 Å². The van der Waals surface area contributed by atoms with Gasteiger partial charge < -0.3 is 10.5 Å². The average Bonchev–Trinajstić information content (AvgIpc) is 2.61. The van der Waals surface area contributed by atoms with Crippen LogP contribution < -0.4 is 10.5 Å². The zero-order valence-electron chi connectivity index (χ0n) is 8.77. The second kappa shape index (κ2) is 4.37. The number of rotatable bonds is 2. The van der Waals surface area contributed by atoms with Gasteiger partial charge in [0.05, 0.1) is 0 Å². The van der Waals surface area contributed by atoms with Crippen molar-refractivity contribution < 1.29 is 9.53 Å². The van der Waals surface area contributed by atoms with E-state index in [-0.39, 0.29) is 5.97 Å². The van der Waals surface area contributed by atoms with E-state index in [1.165, 1.54) is 18.3 Å². The largest absolute Gasteiger partial charge is 0.424 e. The molecule has 2 N–H and O–H groups in total. The van der Waals surface area contributed by atoms with E-state index in [0.717, 1.165) is 10.4 Å². The number of hydrogen-bond acceptors (Lipinski definition) is 4. The molecule has 0 unspecified atom stereocenters. The molecule has 1 heterocycles. The quantitative estimate of drug-likeness (QED) is 0.811. The first kappa shape index (κ1) is 10.7. The van der Waals surface area contributed by atoms with Gasteiger partial charge in [-0.2, -0.15) is 0 Å². The minimum atomic E-state index is -0.357. The Labute approximate surface area is 97.5 Å². The van der Waals surface area contributed by atoms with Crippen molar-refractivity contribution in [1.82, 2.24) is 0 Å². The van der Waals surface area contributed by atoms with E-state index in [9.17, 15) is 4.79 Å². The standard InChI is InChI=1S/C12H11NO2S/c1-8(14)15-10-7-11(16-12(10)13)9-5-3-2-4-6-9/h2-7H,13H2,1H3. The van der Waals surface area contributed by atoms with Gasteiger partial charge in [-0.15, -0.1) is 11.3 Å². The molecule has 0 aliphatic carbocycles. The average molecular weight is 233 g/mol. The number of esters is 1. The molecule has 0 saturated heterocycles. The first-order chi connectivity index (χ1) is 7.66. The summed E-state index contributed by atoms with van der Waals surface area (Å²) in [5, 5.41) is 0.522. The van der Waals surface area contributed by atoms with E-state index in [1.807, 2.05) is 30.3 Å². The van der Waals surface area contributed by atoms with Crippen LogP contribution in [0.1, 0.15) is 6.92 Å². The summed E-state index contributed by atoms with van der Waals surface area (Å²) in [6.45, 7) is 1.36. The van der Waals surface area contributed by atoms with Crippen molar-refractivity contribution in [2.75, 3.05) is 5.73 Å². The number of hydrogen-bond donors (Lipinski definition) is 1. The Hall–Kier alpha value is -1.81. The monoisotopic (exact) mass is 233 g/mol. The normalized spacial score (nSPS) is 10.1. The number of thiophene rings is 1. The molecule has 0 aliphatic rings. The van der Waals surface area contributed by atoms with Crippen LogP contribution >= 0.6 is 11.3 Å². The number of carbonyl (C=O) groups excluding carboxylic acids is 1. The van der Waals surface area contributed by atoms with E-state index in [2.05, 4.69) is 0 Å². The van der Waals surface area contributed by atoms with Gasteiger partial charge in [0.25, 0.3) is 0 Å². The van der Waals surface area contributed by atoms with Crippen LogP contribution in [0, 0.1) is 0 Å². The van der Waals surface area contributed by atoms with Gasteiger partial charge in [-0.1, -0.05) is 30.3 Å². The van der Waals surface area contributed by atoms with Crippen LogP contribution in [0.4, 0.5) is 5.00 Å². The van der Waals surface area contributed by atoms with Crippen LogP contribution in [-0.2, 0) is 4.79 Å². The van der Waals surface area contributed by atoms with Gasteiger partial charge in [0.2, 0.25) is 0 Å². The molecule has 1 aromatic carbocycles. The summed E-state index contributed by atoms with van der Waals surface area (Å²) in [6, 6.07) is 11.6. The van der Waals surface area contributed by atoms with Crippen LogP contribution in [0.3, 0.4) is 0 Å². The molecule has 16 heavy (non-hydrogen) atoms. The molecule has 0 amide bonds. The summed E-state index contributed by atoms with van der Waals surface area (Å²) in [4.78, 5) is 11.8. The van der Waals surface area contributed by atoms with Crippen LogP contribution in [0.2, 0.25) is 0 Å². The third-order valence-corrected chi connectivity index (χ3v) is 3.03. The number of nitrogen functional groups attached to an aromatic ring is 1. The number of benzene rings is 1. The minimum absolute atomic E-state index is 0.357. The highest BCUT2D eigenvalue weighted by Crippen LogP contribution is 2.38. The van der Waals surface area contributed by atoms with Gasteiger partial charge in [-0.3, -0.25) is 4.79 Å². The van der Waals surface area contributed by atoms with Crippen molar-refractivity contribution in [2.24, 2.45) is 0 Å². The maximum absolute atomic E-state index is 10.8. The molecule has 82 valence electrons. The fourth-order valence-corrected chi connectivity index (χ4v) is 2.23. The highest BCUT2D eigenvalue weighted by Gasteiger charge is 2.10. The Balaban J connectivity index is 2.34. The Kier molecular flexibility index (Phi) is 2.92. The van der Waals surface area contributed by atoms with Crippen molar-refractivity contribution in [3.8, 4) is 16.2 Å². The number of carbonyl (C=O) groups is 1. The lowest BCUT2D eigenvalue weighted by Gasteiger charge is -1.96. The van der Waals surface area contributed by atoms with E-state index in [1.54, 1.807) is 6.07 Å². The molecule has 0 saturated carbocycles. The molecule has 0 fully saturated rings. The fraction of sp³-hybridized carbons (Fsp3) is 0.0833. The number of anilines is 1. The van der Waals surface area contributed by atoms with E-state index >= 15 is 0 Å². The molecule has 0 bridgehead atoms. The predicted molar refractivity (Wildman–Crippen MR) is 65.5 cm³/mol. The number of nitrogens with two attached hydrogens (primary N) is 1. The van der Waals surface area contributed by atoms with Crippen molar-refractivity contribution in [3.63, 3.8) is 0 Å².